The number of halogens is 3. The fraction of sp³-hybridized carbons (Fsp3) is 0.357. The zero-order valence-electron chi connectivity index (χ0n) is 21.5. The molecule has 0 unspecified atom stereocenters. The van der Waals surface area contributed by atoms with Crippen molar-refractivity contribution < 1.29 is 37.3 Å². The van der Waals surface area contributed by atoms with Crippen molar-refractivity contribution in [3.05, 3.63) is 82.2 Å². The standard InChI is InChI=1S/C28H30F3NO5/c1-15(2)36-26(34)23-17(5)32(21-10-12-22(33)13-11-21)18(6)24(27(35)37-16(3)4)25(23)19-8-7-9-20(14-19)28(29,30)31/h7-16,25,33H,1-6H3. The number of phenols is 1. The monoisotopic (exact) mass is 517 g/mol. The lowest BCUT2D eigenvalue weighted by Gasteiger charge is -2.38. The number of aromatic hydroxyl groups is 1. The van der Waals surface area contributed by atoms with Crippen molar-refractivity contribution >= 4 is 17.6 Å². The molecule has 6 nitrogen and oxygen atoms in total. The van der Waals surface area contributed by atoms with Gasteiger partial charge in [0, 0.05) is 17.1 Å². The van der Waals surface area contributed by atoms with Crippen LogP contribution >= 0.6 is 0 Å². The van der Waals surface area contributed by atoms with Crippen molar-refractivity contribution in [1.29, 1.82) is 0 Å². The molecule has 1 aliphatic rings. The van der Waals surface area contributed by atoms with E-state index in [1.165, 1.54) is 24.3 Å². The molecule has 2 aromatic carbocycles. The van der Waals surface area contributed by atoms with Gasteiger partial charge in [0.2, 0.25) is 0 Å². The van der Waals surface area contributed by atoms with E-state index in [4.69, 9.17) is 9.47 Å². The number of hydrogen-bond acceptors (Lipinski definition) is 6. The van der Waals surface area contributed by atoms with Gasteiger partial charge in [0.15, 0.2) is 0 Å². The number of phenolic OH excluding ortho intramolecular Hbond substituents is 1. The molecule has 0 aromatic heterocycles. The lowest BCUT2D eigenvalue weighted by Crippen LogP contribution is -2.36. The predicted molar refractivity (Wildman–Crippen MR) is 133 cm³/mol. The van der Waals surface area contributed by atoms with Crippen molar-refractivity contribution in [3.63, 3.8) is 0 Å². The Hall–Kier alpha value is -3.75. The minimum atomic E-state index is -4.63. The van der Waals surface area contributed by atoms with Crippen LogP contribution in [0.3, 0.4) is 0 Å². The lowest BCUT2D eigenvalue weighted by atomic mass is 9.79. The van der Waals surface area contributed by atoms with Crippen molar-refractivity contribution in [2.75, 3.05) is 4.90 Å². The molecular weight excluding hydrogens is 487 g/mol. The van der Waals surface area contributed by atoms with Gasteiger partial charge in [-0.3, -0.25) is 0 Å². The van der Waals surface area contributed by atoms with E-state index in [1.54, 1.807) is 58.6 Å². The van der Waals surface area contributed by atoms with E-state index in [9.17, 15) is 27.9 Å². The molecule has 37 heavy (non-hydrogen) atoms. The summed E-state index contributed by atoms with van der Waals surface area (Å²) in [7, 11) is 0. The Morgan fingerprint density at radius 2 is 1.35 bits per heavy atom. The topological polar surface area (TPSA) is 76.1 Å². The Morgan fingerprint density at radius 3 is 1.78 bits per heavy atom. The molecule has 0 aliphatic carbocycles. The summed E-state index contributed by atoms with van der Waals surface area (Å²) in [5.41, 5.74) is 0.499. The summed E-state index contributed by atoms with van der Waals surface area (Å²) in [6.07, 6.45) is -5.66. The third kappa shape index (κ3) is 5.98. The second-order valence-corrected chi connectivity index (χ2v) is 9.31. The van der Waals surface area contributed by atoms with Crippen LogP contribution in [0.1, 0.15) is 58.6 Å². The van der Waals surface area contributed by atoms with Gasteiger partial charge >= 0.3 is 18.1 Å². The van der Waals surface area contributed by atoms with E-state index in [0.717, 1.165) is 12.1 Å². The number of carbonyl (C=O) groups excluding carboxylic acids is 2. The second kappa shape index (κ2) is 10.7. The molecular formula is C28H30F3NO5. The van der Waals surface area contributed by atoms with Crippen LogP contribution in [0.15, 0.2) is 71.1 Å². The summed E-state index contributed by atoms with van der Waals surface area (Å²) < 4.78 is 51.9. The van der Waals surface area contributed by atoms with Crippen LogP contribution < -0.4 is 4.90 Å². The molecule has 1 N–H and O–H groups in total. The maximum atomic E-state index is 13.6. The quantitative estimate of drug-likeness (QED) is 0.443. The lowest BCUT2D eigenvalue weighted by molar-refractivity contribution is -0.143. The summed E-state index contributed by atoms with van der Waals surface area (Å²) in [4.78, 5) is 28.6. The highest BCUT2D eigenvalue weighted by molar-refractivity contribution is 6.01. The molecule has 0 fully saturated rings. The molecule has 3 rings (SSSR count). The van der Waals surface area contributed by atoms with Crippen LogP contribution in [0.5, 0.6) is 5.75 Å². The van der Waals surface area contributed by atoms with Crippen LogP contribution in [0.2, 0.25) is 0 Å². The number of rotatable bonds is 6. The van der Waals surface area contributed by atoms with E-state index in [-0.39, 0.29) is 22.5 Å². The van der Waals surface area contributed by atoms with E-state index in [2.05, 4.69) is 0 Å². The summed E-state index contributed by atoms with van der Waals surface area (Å²) in [5, 5.41) is 9.77. The highest BCUT2D eigenvalue weighted by atomic mass is 19.4. The Labute approximate surface area is 214 Å². The molecule has 0 saturated heterocycles. The number of esters is 2. The van der Waals surface area contributed by atoms with Crippen molar-refractivity contribution in [2.45, 2.75) is 65.8 Å². The van der Waals surface area contributed by atoms with Gasteiger partial charge < -0.3 is 19.5 Å². The number of allylic oxidation sites excluding steroid dienone is 2. The van der Waals surface area contributed by atoms with Gasteiger partial charge in [-0.05, 0) is 77.4 Å². The van der Waals surface area contributed by atoms with Crippen molar-refractivity contribution in [3.8, 4) is 5.75 Å². The summed E-state index contributed by atoms with van der Waals surface area (Å²) in [6, 6.07) is 10.7. The molecule has 0 bridgehead atoms. The third-order valence-electron chi connectivity index (χ3n) is 5.81. The van der Waals surface area contributed by atoms with E-state index < -0.39 is 41.8 Å². The van der Waals surface area contributed by atoms with Gasteiger partial charge in [-0.15, -0.1) is 0 Å². The van der Waals surface area contributed by atoms with Gasteiger partial charge in [0.05, 0.1) is 34.8 Å². The highest BCUT2D eigenvalue weighted by Crippen LogP contribution is 2.46. The summed E-state index contributed by atoms with van der Waals surface area (Å²) in [6.45, 7) is 9.90. The summed E-state index contributed by atoms with van der Waals surface area (Å²) >= 11 is 0. The number of nitrogens with zero attached hydrogens (tertiary/aromatic N) is 1. The largest absolute Gasteiger partial charge is 0.508 e. The maximum Gasteiger partial charge on any atom is 0.416 e. The number of anilines is 1. The van der Waals surface area contributed by atoms with Crippen molar-refractivity contribution in [1.82, 2.24) is 0 Å². The first-order valence-corrected chi connectivity index (χ1v) is 11.8. The fourth-order valence-corrected chi connectivity index (χ4v) is 4.36. The SMILES string of the molecule is CC1=C(C(=O)OC(C)C)C(c2cccc(C(F)(F)F)c2)C(C(=O)OC(C)C)=C(C)N1c1ccc(O)cc1. The van der Waals surface area contributed by atoms with Gasteiger partial charge in [-0.25, -0.2) is 9.59 Å². The Bertz CT molecular complexity index is 1200. The molecule has 198 valence electrons. The molecule has 0 saturated carbocycles. The Kier molecular flexibility index (Phi) is 8.05. The Balaban J connectivity index is 2.36. The molecule has 0 spiro atoms. The van der Waals surface area contributed by atoms with Crippen LogP contribution in [0.25, 0.3) is 0 Å². The smallest absolute Gasteiger partial charge is 0.416 e. The number of ether oxygens (including phenoxy) is 2. The first-order valence-electron chi connectivity index (χ1n) is 11.8. The van der Waals surface area contributed by atoms with Gasteiger partial charge in [-0.1, -0.05) is 18.2 Å². The van der Waals surface area contributed by atoms with Crippen LogP contribution in [-0.2, 0) is 25.2 Å². The maximum absolute atomic E-state index is 13.6. The van der Waals surface area contributed by atoms with E-state index in [0.29, 0.717) is 17.1 Å². The number of benzene rings is 2. The predicted octanol–water partition coefficient (Wildman–Crippen LogP) is 6.47. The molecule has 0 amide bonds. The zero-order chi connectivity index (χ0) is 27.7. The molecule has 0 radical (unpaired) electrons. The molecule has 9 heteroatoms. The molecule has 2 aromatic rings. The average molecular weight is 518 g/mol. The Morgan fingerprint density at radius 1 is 0.865 bits per heavy atom. The number of hydrogen-bond donors (Lipinski definition) is 1. The minimum absolute atomic E-state index is 0.0161. The van der Waals surface area contributed by atoms with Crippen LogP contribution in [0, 0.1) is 0 Å². The van der Waals surface area contributed by atoms with Gasteiger partial charge in [0.1, 0.15) is 5.75 Å². The van der Waals surface area contributed by atoms with E-state index >= 15 is 0 Å². The number of alkyl halides is 3. The highest BCUT2D eigenvalue weighted by Gasteiger charge is 2.42. The average Bonchev–Trinajstić information content (AvgIpc) is 2.78. The molecule has 1 aliphatic heterocycles. The summed E-state index contributed by atoms with van der Waals surface area (Å²) in [5.74, 6) is -2.68. The zero-order valence-corrected chi connectivity index (χ0v) is 21.5. The first-order chi connectivity index (χ1) is 17.2. The first kappa shape index (κ1) is 27.8. The normalized spacial score (nSPS) is 15.1. The molecule has 1 heterocycles. The minimum Gasteiger partial charge on any atom is -0.508 e. The van der Waals surface area contributed by atoms with Gasteiger partial charge in [0.25, 0.3) is 0 Å². The van der Waals surface area contributed by atoms with Crippen molar-refractivity contribution in [2.24, 2.45) is 0 Å². The third-order valence-corrected chi connectivity index (χ3v) is 5.81. The number of carbonyl (C=O) groups is 2. The van der Waals surface area contributed by atoms with Gasteiger partial charge in [-0.2, -0.15) is 13.2 Å². The fourth-order valence-electron chi connectivity index (χ4n) is 4.36. The second-order valence-electron chi connectivity index (χ2n) is 9.31. The van der Waals surface area contributed by atoms with Crippen LogP contribution in [-0.4, -0.2) is 29.3 Å². The van der Waals surface area contributed by atoms with E-state index in [1.807, 2.05) is 0 Å². The van der Waals surface area contributed by atoms with Crippen LogP contribution in [0.4, 0.5) is 18.9 Å². The molecule has 0 atom stereocenters.